The van der Waals surface area contributed by atoms with Crippen molar-refractivity contribution in [2.24, 2.45) is 0 Å². The highest BCUT2D eigenvalue weighted by Crippen LogP contribution is 2.26. The number of aromatic nitrogens is 3. The number of aryl methyl sites for hydroxylation is 1. The second kappa shape index (κ2) is 9.08. The summed E-state index contributed by atoms with van der Waals surface area (Å²) in [6, 6.07) is 14.6. The summed E-state index contributed by atoms with van der Waals surface area (Å²) >= 11 is 0. The Balaban J connectivity index is 1.26. The van der Waals surface area contributed by atoms with Crippen LogP contribution >= 0.6 is 0 Å². The van der Waals surface area contributed by atoms with E-state index in [4.69, 9.17) is 13.9 Å². The summed E-state index contributed by atoms with van der Waals surface area (Å²) in [6.07, 6.45) is 2.39. The number of hydrogen-bond acceptors (Lipinski definition) is 8. The van der Waals surface area contributed by atoms with Crippen molar-refractivity contribution in [1.29, 1.82) is 0 Å². The highest BCUT2D eigenvalue weighted by molar-refractivity contribution is 5.77. The number of benzene rings is 2. The Morgan fingerprint density at radius 1 is 1.10 bits per heavy atom. The van der Waals surface area contributed by atoms with Gasteiger partial charge in [0.25, 0.3) is 0 Å². The highest BCUT2D eigenvalue weighted by atomic mass is 16.6. The third-order valence-corrected chi connectivity index (χ3v) is 4.42. The van der Waals surface area contributed by atoms with Crippen LogP contribution in [0.3, 0.4) is 0 Å². The molecule has 0 amide bonds. The molecule has 0 saturated heterocycles. The van der Waals surface area contributed by atoms with E-state index in [1.807, 2.05) is 12.1 Å². The second-order valence-corrected chi connectivity index (χ2v) is 6.64. The van der Waals surface area contributed by atoms with E-state index in [1.165, 1.54) is 18.2 Å². The molecule has 0 unspecified atom stereocenters. The first-order valence-corrected chi connectivity index (χ1v) is 9.50. The Bertz CT molecular complexity index is 1270. The zero-order valence-electron chi connectivity index (χ0n) is 16.3. The molecule has 0 N–H and O–H groups in total. The minimum Gasteiger partial charge on any atom is -0.493 e. The minimum atomic E-state index is -0.491. The van der Waals surface area contributed by atoms with Crippen LogP contribution in [-0.4, -0.2) is 26.5 Å². The minimum absolute atomic E-state index is 0.0731. The van der Waals surface area contributed by atoms with Gasteiger partial charge in [-0.3, -0.25) is 14.8 Å². The lowest BCUT2D eigenvalue weighted by atomic mass is 10.2. The molecule has 0 aliphatic carbocycles. The molecule has 0 saturated carbocycles. The molecule has 158 valence electrons. The van der Waals surface area contributed by atoms with Crippen LogP contribution in [0.15, 0.2) is 70.0 Å². The number of rotatable bonds is 9. The van der Waals surface area contributed by atoms with Gasteiger partial charge in [-0.15, -0.1) is 5.10 Å². The van der Waals surface area contributed by atoms with Gasteiger partial charge in [-0.1, -0.05) is 17.3 Å². The maximum atomic E-state index is 11.3. The predicted octanol–water partition coefficient (Wildman–Crippen LogP) is 3.34. The number of nitro groups is 1. The van der Waals surface area contributed by atoms with E-state index in [9.17, 15) is 14.9 Å². The molecule has 0 radical (unpaired) electrons. The quantitative estimate of drug-likeness (QED) is 0.174. The molecule has 2 heterocycles. The third-order valence-electron chi connectivity index (χ3n) is 4.42. The average molecular weight is 422 g/mol. The molecule has 0 atom stereocenters. The molecule has 2 aromatic carbocycles. The van der Waals surface area contributed by atoms with E-state index < -0.39 is 10.5 Å². The van der Waals surface area contributed by atoms with Gasteiger partial charge in [-0.25, -0.2) is 4.79 Å². The van der Waals surface area contributed by atoms with Gasteiger partial charge in [-0.05, 0) is 24.3 Å². The number of hydrogen-bond donors (Lipinski definition) is 0. The Kier molecular flexibility index (Phi) is 5.88. The first-order valence-electron chi connectivity index (χ1n) is 9.50. The SMILES string of the molecule is O=c1ccc2ccc(OCCCn3cc(COc4ccccc4[N+](=O)[O-])nn3)cc2o1. The molecule has 10 heteroatoms. The average Bonchev–Trinajstić information content (AvgIpc) is 3.23. The maximum absolute atomic E-state index is 11.3. The van der Waals surface area contributed by atoms with Crippen LogP contribution in [0.4, 0.5) is 5.69 Å². The Morgan fingerprint density at radius 3 is 2.81 bits per heavy atom. The largest absolute Gasteiger partial charge is 0.493 e. The molecule has 4 aromatic rings. The molecule has 10 nitrogen and oxygen atoms in total. The molecule has 0 aliphatic rings. The Hall–Kier alpha value is -4.21. The number of ether oxygens (including phenoxy) is 2. The van der Waals surface area contributed by atoms with Crippen molar-refractivity contribution in [2.45, 2.75) is 19.6 Å². The normalized spacial score (nSPS) is 10.8. The number of nitrogens with zero attached hydrogens (tertiary/aromatic N) is 4. The van der Waals surface area contributed by atoms with Crippen LogP contribution in [-0.2, 0) is 13.2 Å². The fourth-order valence-corrected chi connectivity index (χ4v) is 2.94. The first-order chi connectivity index (χ1) is 15.1. The van der Waals surface area contributed by atoms with Crippen LogP contribution in [0, 0.1) is 10.1 Å². The van der Waals surface area contributed by atoms with Gasteiger partial charge in [0, 0.05) is 36.6 Å². The van der Waals surface area contributed by atoms with Crippen LogP contribution in [0.25, 0.3) is 11.0 Å². The standard InChI is InChI=1S/C21H18N4O6/c26-21-9-7-15-6-8-17(12-20(15)31-21)29-11-3-10-24-13-16(22-23-24)14-30-19-5-2-1-4-18(19)25(27)28/h1-2,4-9,12-13H,3,10-11,14H2. The smallest absolute Gasteiger partial charge is 0.336 e. The third kappa shape index (κ3) is 5.04. The summed E-state index contributed by atoms with van der Waals surface area (Å²) in [4.78, 5) is 21.9. The summed E-state index contributed by atoms with van der Waals surface area (Å²) in [5.74, 6) is 0.792. The monoisotopic (exact) mass is 422 g/mol. The van der Waals surface area contributed by atoms with Gasteiger partial charge in [0.2, 0.25) is 0 Å². The van der Waals surface area contributed by atoms with Crippen molar-refractivity contribution in [1.82, 2.24) is 15.0 Å². The van der Waals surface area contributed by atoms with Crippen molar-refractivity contribution in [3.8, 4) is 11.5 Å². The summed E-state index contributed by atoms with van der Waals surface area (Å²) in [6.45, 7) is 1.08. The van der Waals surface area contributed by atoms with Crippen LogP contribution in [0.2, 0.25) is 0 Å². The lowest BCUT2D eigenvalue weighted by molar-refractivity contribution is -0.385. The second-order valence-electron chi connectivity index (χ2n) is 6.64. The van der Waals surface area contributed by atoms with Crippen LogP contribution in [0.5, 0.6) is 11.5 Å². The van der Waals surface area contributed by atoms with Crippen LogP contribution < -0.4 is 15.1 Å². The number of para-hydroxylation sites is 2. The van der Waals surface area contributed by atoms with E-state index in [0.717, 1.165) is 5.39 Å². The molecular formula is C21H18N4O6. The molecule has 31 heavy (non-hydrogen) atoms. The van der Waals surface area contributed by atoms with Crippen molar-refractivity contribution in [3.63, 3.8) is 0 Å². The highest BCUT2D eigenvalue weighted by Gasteiger charge is 2.14. The molecular weight excluding hydrogens is 404 g/mol. The van der Waals surface area contributed by atoms with Gasteiger partial charge >= 0.3 is 11.3 Å². The van der Waals surface area contributed by atoms with Gasteiger partial charge in [0.1, 0.15) is 23.6 Å². The number of fused-ring (bicyclic) bond motifs is 1. The molecule has 0 aliphatic heterocycles. The fraction of sp³-hybridized carbons (Fsp3) is 0.190. The predicted molar refractivity (Wildman–Crippen MR) is 110 cm³/mol. The lowest BCUT2D eigenvalue weighted by Gasteiger charge is -2.06. The first kappa shape index (κ1) is 20.1. The molecule has 0 bridgehead atoms. The van der Waals surface area contributed by atoms with E-state index in [1.54, 1.807) is 35.1 Å². The summed E-state index contributed by atoms with van der Waals surface area (Å²) in [5, 5.41) is 19.9. The van der Waals surface area contributed by atoms with E-state index in [0.29, 0.717) is 36.6 Å². The van der Waals surface area contributed by atoms with Crippen molar-refractivity contribution >= 4 is 16.7 Å². The van der Waals surface area contributed by atoms with Crippen molar-refractivity contribution < 1.29 is 18.8 Å². The van der Waals surface area contributed by atoms with Gasteiger partial charge in [-0.2, -0.15) is 0 Å². The van der Waals surface area contributed by atoms with E-state index >= 15 is 0 Å². The van der Waals surface area contributed by atoms with Crippen molar-refractivity contribution in [3.05, 3.63) is 87.0 Å². The summed E-state index contributed by atoms with van der Waals surface area (Å²) < 4.78 is 18.0. The Labute approximate surface area is 175 Å². The maximum Gasteiger partial charge on any atom is 0.336 e. The molecule has 2 aromatic heterocycles. The van der Waals surface area contributed by atoms with E-state index in [2.05, 4.69) is 10.3 Å². The molecule has 0 fully saturated rings. The lowest BCUT2D eigenvalue weighted by Crippen LogP contribution is -2.05. The number of nitro benzene ring substituents is 1. The topological polar surface area (TPSA) is 123 Å². The van der Waals surface area contributed by atoms with E-state index in [-0.39, 0.29) is 18.0 Å². The van der Waals surface area contributed by atoms with Gasteiger partial charge in [0.05, 0.1) is 17.7 Å². The fourth-order valence-electron chi connectivity index (χ4n) is 2.94. The van der Waals surface area contributed by atoms with Crippen LogP contribution in [0.1, 0.15) is 12.1 Å². The zero-order valence-corrected chi connectivity index (χ0v) is 16.3. The van der Waals surface area contributed by atoms with Crippen molar-refractivity contribution in [2.75, 3.05) is 6.61 Å². The molecule has 4 rings (SSSR count). The zero-order chi connectivity index (χ0) is 21.6. The summed E-state index contributed by atoms with van der Waals surface area (Å²) in [7, 11) is 0. The van der Waals surface area contributed by atoms with Gasteiger partial charge in [0.15, 0.2) is 5.75 Å². The molecule has 0 spiro atoms. The Morgan fingerprint density at radius 2 is 1.94 bits per heavy atom. The van der Waals surface area contributed by atoms with Gasteiger partial charge < -0.3 is 13.9 Å². The summed E-state index contributed by atoms with van der Waals surface area (Å²) in [5.41, 5.74) is 0.533.